The van der Waals surface area contributed by atoms with E-state index in [4.69, 9.17) is 18.9 Å². The van der Waals surface area contributed by atoms with Crippen LogP contribution in [0.15, 0.2) is 71.6 Å². The molecule has 2 heterocycles. The van der Waals surface area contributed by atoms with Crippen molar-refractivity contribution in [2.24, 2.45) is 0 Å². The van der Waals surface area contributed by atoms with Crippen LogP contribution < -0.4 is 24.0 Å². The zero-order valence-electron chi connectivity index (χ0n) is 25.2. The van der Waals surface area contributed by atoms with E-state index in [-0.39, 0.29) is 5.91 Å². The molecule has 1 amide bonds. The van der Waals surface area contributed by atoms with E-state index in [9.17, 15) is 9.59 Å². The number of esters is 1. The van der Waals surface area contributed by atoms with Crippen molar-refractivity contribution in [3.05, 3.63) is 72.3 Å². The Morgan fingerprint density at radius 2 is 1.53 bits per heavy atom. The first kappa shape index (κ1) is 30.6. The van der Waals surface area contributed by atoms with Gasteiger partial charge in [0.1, 0.15) is 17.2 Å². The van der Waals surface area contributed by atoms with Crippen LogP contribution in [0.1, 0.15) is 24.2 Å². The van der Waals surface area contributed by atoms with E-state index in [1.165, 1.54) is 18.7 Å². The lowest BCUT2D eigenvalue weighted by molar-refractivity contribution is -0.152. The highest BCUT2D eigenvalue weighted by molar-refractivity contribution is 7.99. The summed E-state index contributed by atoms with van der Waals surface area (Å²) >= 11 is 1.51. The summed E-state index contributed by atoms with van der Waals surface area (Å²) in [6.07, 6.45) is -0.213. The molecule has 2 aliphatic heterocycles. The normalized spacial score (nSPS) is 18.9. The van der Waals surface area contributed by atoms with Crippen molar-refractivity contribution < 1.29 is 28.5 Å². The van der Waals surface area contributed by atoms with Crippen LogP contribution in [-0.4, -0.2) is 83.5 Å². The topological polar surface area (TPSA) is 80.8 Å². The predicted octanol–water partition coefficient (Wildman–Crippen LogP) is 5.04. The molecule has 2 aliphatic rings. The lowest BCUT2D eigenvalue weighted by Gasteiger charge is -2.37. The Hall–Kier alpha value is -3.89. The van der Waals surface area contributed by atoms with Crippen molar-refractivity contribution in [1.82, 2.24) is 4.90 Å². The fourth-order valence-corrected chi connectivity index (χ4v) is 7.00. The van der Waals surface area contributed by atoms with E-state index in [0.29, 0.717) is 18.0 Å². The van der Waals surface area contributed by atoms with Gasteiger partial charge in [0, 0.05) is 44.5 Å². The largest absolute Gasteiger partial charge is 0.497 e. The van der Waals surface area contributed by atoms with Crippen molar-refractivity contribution in [2.75, 3.05) is 70.4 Å². The van der Waals surface area contributed by atoms with E-state index < -0.39 is 17.3 Å². The fourth-order valence-electron chi connectivity index (χ4n) is 5.65. The van der Waals surface area contributed by atoms with Gasteiger partial charge >= 0.3 is 5.97 Å². The van der Waals surface area contributed by atoms with Crippen LogP contribution in [0.5, 0.6) is 17.2 Å². The highest BCUT2D eigenvalue weighted by Crippen LogP contribution is 2.48. The van der Waals surface area contributed by atoms with Crippen LogP contribution in [0.4, 0.5) is 11.4 Å². The van der Waals surface area contributed by atoms with E-state index in [1.54, 1.807) is 26.2 Å². The number of hydrogen-bond donors (Lipinski definition) is 0. The number of hydrogen-bond acceptors (Lipinski definition) is 9. The number of carbonyl (C=O) groups is 2. The quantitative estimate of drug-likeness (QED) is 0.296. The van der Waals surface area contributed by atoms with Crippen LogP contribution in [0.3, 0.4) is 0 Å². The molecule has 0 unspecified atom stereocenters. The van der Waals surface area contributed by atoms with Crippen LogP contribution in [0.25, 0.3) is 0 Å². The first-order chi connectivity index (χ1) is 20.9. The molecular weight excluding hydrogens is 566 g/mol. The smallest absolute Gasteiger partial charge is 0.303 e. The van der Waals surface area contributed by atoms with E-state index in [2.05, 4.69) is 15.9 Å². The molecule has 0 bridgehead atoms. The molecule has 0 aliphatic carbocycles. The summed E-state index contributed by atoms with van der Waals surface area (Å²) in [5.41, 5.74) is 2.78. The van der Waals surface area contributed by atoms with Crippen molar-refractivity contribution in [3.63, 3.8) is 0 Å². The number of anilines is 2. The highest BCUT2D eigenvalue weighted by atomic mass is 32.2. The monoisotopic (exact) mass is 605 g/mol. The summed E-state index contributed by atoms with van der Waals surface area (Å²) in [7, 11) is 4.95. The van der Waals surface area contributed by atoms with Gasteiger partial charge in [-0.05, 0) is 61.0 Å². The number of amides is 1. The number of para-hydroxylation sites is 2. The average molecular weight is 606 g/mol. The van der Waals surface area contributed by atoms with E-state index in [0.717, 1.165) is 66.7 Å². The van der Waals surface area contributed by atoms with Gasteiger partial charge in [-0.25, -0.2) is 0 Å². The minimum absolute atomic E-state index is 0.228. The molecule has 228 valence electrons. The number of ether oxygens (including phenoxy) is 4. The van der Waals surface area contributed by atoms with Gasteiger partial charge in [0.15, 0.2) is 6.10 Å². The highest BCUT2D eigenvalue weighted by Gasteiger charge is 2.41. The van der Waals surface area contributed by atoms with Crippen LogP contribution in [-0.2, 0) is 14.3 Å². The summed E-state index contributed by atoms with van der Waals surface area (Å²) in [5, 5.41) is -0.443. The van der Waals surface area contributed by atoms with Crippen molar-refractivity contribution in [1.29, 1.82) is 0 Å². The third-order valence-electron chi connectivity index (χ3n) is 7.89. The number of carbonyl (C=O) groups excluding carboxylic acids is 2. The van der Waals surface area contributed by atoms with E-state index in [1.807, 2.05) is 60.7 Å². The van der Waals surface area contributed by atoms with Crippen molar-refractivity contribution >= 4 is 35.0 Å². The average Bonchev–Trinajstić information content (AvgIpc) is 3.15. The number of methoxy groups -OCH3 is 3. The Balaban J connectivity index is 1.33. The van der Waals surface area contributed by atoms with Gasteiger partial charge in [-0.3, -0.25) is 14.5 Å². The molecule has 5 rings (SSSR count). The van der Waals surface area contributed by atoms with Gasteiger partial charge in [-0.1, -0.05) is 24.3 Å². The maximum absolute atomic E-state index is 14.2. The minimum Gasteiger partial charge on any atom is -0.497 e. The van der Waals surface area contributed by atoms with Gasteiger partial charge in [0.25, 0.3) is 5.91 Å². The molecule has 2 atom stereocenters. The Morgan fingerprint density at radius 1 is 0.837 bits per heavy atom. The predicted molar refractivity (Wildman–Crippen MR) is 169 cm³/mol. The maximum atomic E-state index is 14.2. The number of benzene rings is 3. The number of fused-ring (bicyclic) bond motifs is 1. The summed E-state index contributed by atoms with van der Waals surface area (Å²) in [6, 6.07) is 21.4. The molecular formula is C33H39N3O6S. The summed E-state index contributed by atoms with van der Waals surface area (Å²) in [6.45, 7) is 6.34. The van der Waals surface area contributed by atoms with Crippen molar-refractivity contribution in [3.8, 4) is 17.2 Å². The third kappa shape index (κ3) is 7.02. The lowest BCUT2D eigenvalue weighted by atomic mass is 10.1. The van der Waals surface area contributed by atoms with Gasteiger partial charge in [0.05, 0.1) is 38.0 Å². The molecule has 10 heteroatoms. The number of rotatable bonds is 10. The number of thioether (sulfide) groups is 1. The number of piperazine rings is 1. The first-order valence-corrected chi connectivity index (χ1v) is 15.4. The Morgan fingerprint density at radius 3 is 2.21 bits per heavy atom. The van der Waals surface area contributed by atoms with Crippen LogP contribution in [0.2, 0.25) is 0 Å². The number of nitrogens with zero attached hydrogens (tertiary/aromatic N) is 3. The summed E-state index contributed by atoms with van der Waals surface area (Å²) in [4.78, 5) is 33.9. The van der Waals surface area contributed by atoms with Gasteiger partial charge < -0.3 is 28.7 Å². The molecule has 0 radical (unpaired) electrons. The Bertz CT molecular complexity index is 1410. The maximum Gasteiger partial charge on any atom is 0.303 e. The van der Waals surface area contributed by atoms with Crippen LogP contribution >= 0.6 is 11.8 Å². The molecule has 3 aromatic carbocycles. The summed E-state index contributed by atoms with van der Waals surface area (Å²) < 4.78 is 22.2. The lowest BCUT2D eigenvalue weighted by Crippen LogP contribution is -2.48. The molecule has 3 aromatic rings. The first-order valence-electron chi connectivity index (χ1n) is 14.5. The van der Waals surface area contributed by atoms with Crippen molar-refractivity contribution in [2.45, 2.75) is 29.6 Å². The molecule has 0 N–H and O–H groups in total. The van der Waals surface area contributed by atoms with Gasteiger partial charge in [0.2, 0.25) is 0 Å². The van der Waals surface area contributed by atoms with Crippen LogP contribution in [0, 0.1) is 0 Å². The second kappa shape index (κ2) is 14.1. The Kier molecular flexibility index (Phi) is 9.99. The molecule has 0 saturated carbocycles. The fraction of sp³-hybridized carbons (Fsp3) is 0.394. The SMILES string of the molecule is COc1ccc([C@@H]2Sc3cc(OC)ccc3N(CCCN3CCN(c4ccccc4OC)CC3)C(=O)[C@@H]2OC(C)=O)cc1. The molecule has 1 fully saturated rings. The minimum atomic E-state index is -0.987. The molecule has 9 nitrogen and oxygen atoms in total. The standard InChI is InChI=1S/C33H39N3O6S/c1-23(37)42-31-32(24-10-12-25(39-2)13-11-24)43-30-22-26(40-3)14-15-28(30)36(33(31)38)17-7-16-34-18-20-35(21-19-34)27-8-5-6-9-29(27)41-4/h5-6,8-15,22,31-32H,7,16-21H2,1-4H3/t31-,32+/m1/s1. The van der Waals surface area contributed by atoms with Gasteiger partial charge in [-0.15, -0.1) is 11.8 Å². The van der Waals surface area contributed by atoms with E-state index >= 15 is 0 Å². The Labute approximate surface area is 257 Å². The second-order valence-corrected chi connectivity index (χ2v) is 11.7. The second-order valence-electron chi connectivity index (χ2n) is 10.5. The zero-order chi connectivity index (χ0) is 30.3. The third-order valence-corrected chi connectivity index (χ3v) is 9.24. The molecule has 43 heavy (non-hydrogen) atoms. The summed E-state index contributed by atoms with van der Waals surface area (Å²) in [5.74, 6) is 1.58. The zero-order valence-corrected chi connectivity index (χ0v) is 26.0. The molecule has 1 saturated heterocycles. The molecule has 0 spiro atoms. The molecule has 0 aromatic heterocycles. The van der Waals surface area contributed by atoms with Gasteiger partial charge in [-0.2, -0.15) is 0 Å².